The molecule has 0 saturated carbocycles. The molecule has 13 heteroatoms. The van der Waals surface area contributed by atoms with E-state index in [2.05, 4.69) is 30.5 Å². The first-order chi connectivity index (χ1) is 18.1. The van der Waals surface area contributed by atoms with Gasteiger partial charge in [-0.1, -0.05) is 6.07 Å². The topological polar surface area (TPSA) is 160 Å². The van der Waals surface area contributed by atoms with E-state index >= 15 is 0 Å². The standard InChI is InChI=1S/C25H30N8O4S/c1-15-10-18(14-28-11-15)22-31-32-24(33(22)21-19(36-5)8-7-9-20(21)37-6)25(27-4,17(3)38(26,34)35)23-29-12-16(2)13-30-23/h7-14,17,27H,1-6H3,(H2,26,34,35). The average Bonchev–Trinajstić information content (AvgIpc) is 3.34. The van der Waals surface area contributed by atoms with Crippen LogP contribution in [0.1, 0.15) is 29.7 Å². The zero-order valence-electron chi connectivity index (χ0n) is 22.0. The zero-order valence-corrected chi connectivity index (χ0v) is 22.8. The monoisotopic (exact) mass is 538 g/mol. The molecule has 0 aliphatic carbocycles. The number of nitrogens with one attached hydrogen (secondary N) is 1. The lowest BCUT2D eigenvalue weighted by molar-refractivity contribution is 0.359. The molecule has 0 spiro atoms. The third kappa shape index (κ3) is 4.59. The second kappa shape index (κ2) is 10.4. The normalized spacial score (nSPS) is 14.1. The molecule has 3 N–H and O–H groups in total. The van der Waals surface area contributed by atoms with Crippen molar-refractivity contribution in [2.45, 2.75) is 31.6 Å². The molecule has 12 nitrogen and oxygen atoms in total. The maximum atomic E-state index is 12.9. The molecule has 0 radical (unpaired) electrons. The molecular weight excluding hydrogens is 508 g/mol. The number of primary sulfonamides is 1. The summed E-state index contributed by atoms with van der Waals surface area (Å²) < 4.78 is 39.0. The Morgan fingerprint density at radius 2 is 1.63 bits per heavy atom. The summed E-state index contributed by atoms with van der Waals surface area (Å²) in [5.41, 5.74) is 1.12. The number of pyridine rings is 1. The molecule has 1 aromatic carbocycles. The summed E-state index contributed by atoms with van der Waals surface area (Å²) >= 11 is 0. The van der Waals surface area contributed by atoms with Crippen molar-refractivity contribution in [1.82, 2.24) is 35.0 Å². The molecule has 0 aliphatic rings. The number of methoxy groups -OCH3 is 2. The Balaban J connectivity index is 2.21. The van der Waals surface area contributed by atoms with Gasteiger partial charge >= 0.3 is 0 Å². The van der Waals surface area contributed by atoms with E-state index in [1.54, 1.807) is 54.6 Å². The Bertz CT molecular complexity index is 1530. The molecule has 0 saturated heterocycles. The van der Waals surface area contributed by atoms with E-state index in [9.17, 15) is 8.42 Å². The minimum atomic E-state index is -4.17. The fourth-order valence-electron chi connectivity index (χ4n) is 4.40. The van der Waals surface area contributed by atoms with Crippen LogP contribution in [0.3, 0.4) is 0 Å². The molecule has 200 valence electrons. The number of aryl methyl sites for hydroxylation is 2. The molecule has 4 rings (SSSR count). The van der Waals surface area contributed by atoms with E-state index in [0.29, 0.717) is 28.6 Å². The van der Waals surface area contributed by atoms with Crippen LogP contribution in [0.25, 0.3) is 17.1 Å². The molecule has 0 amide bonds. The summed E-state index contributed by atoms with van der Waals surface area (Å²) in [4.78, 5) is 13.3. The van der Waals surface area contributed by atoms with Gasteiger partial charge in [0.1, 0.15) is 22.4 Å². The van der Waals surface area contributed by atoms with Gasteiger partial charge < -0.3 is 14.8 Å². The number of aromatic nitrogens is 6. The number of sulfonamides is 1. The predicted octanol–water partition coefficient (Wildman–Crippen LogP) is 1.89. The Morgan fingerprint density at radius 1 is 1.00 bits per heavy atom. The van der Waals surface area contributed by atoms with Crippen molar-refractivity contribution in [2.24, 2.45) is 5.14 Å². The van der Waals surface area contributed by atoms with Crippen molar-refractivity contribution in [3.8, 4) is 28.6 Å². The molecule has 0 fully saturated rings. The van der Waals surface area contributed by atoms with Crippen molar-refractivity contribution in [3.63, 3.8) is 0 Å². The highest BCUT2D eigenvalue weighted by molar-refractivity contribution is 7.89. The second-order valence-corrected chi connectivity index (χ2v) is 10.7. The fraction of sp³-hybridized carbons (Fsp3) is 0.320. The molecule has 38 heavy (non-hydrogen) atoms. The second-order valence-electron chi connectivity index (χ2n) is 8.82. The number of nitrogens with zero attached hydrogens (tertiary/aromatic N) is 6. The van der Waals surface area contributed by atoms with Crippen LogP contribution in [-0.2, 0) is 15.6 Å². The van der Waals surface area contributed by atoms with E-state index in [-0.39, 0.29) is 11.6 Å². The largest absolute Gasteiger partial charge is 0.494 e. The Morgan fingerprint density at radius 3 is 2.16 bits per heavy atom. The minimum Gasteiger partial charge on any atom is -0.494 e. The summed E-state index contributed by atoms with van der Waals surface area (Å²) in [6, 6.07) is 7.19. The smallest absolute Gasteiger partial charge is 0.214 e. The van der Waals surface area contributed by atoms with Crippen LogP contribution in [0.2, 0.25) is 0 Å². The summed E-state index contributed by atoms with van der Waals surface area (Å²) in [5.74, 6) is 1.54. The van der Waals surface area contributed by atoms with E-state index < -0.39 is 20.8 Å². The number of ether oxygens (including phenoxy) is 2. The molecule has 3 aromatic heterocycles. The van der Waals surface area contributed by atoms with Gasteiger partial charge in [-0.15, -0.1) is 10.2 Å². The SMILES string of the molecule is CNC(c1ncc(C)cn1)(c1nnc(-c2cncc(C)c2)n1-c1c(OC)cccc1OC)C(C)S(N)(=O)=O. The highest BCUT2D eigenvalue weighted by atomic mass is 32.2. The summed E-state index contributed by atoms with van der Waals surface area (Å²) in [6.45, 7) is 5.21. The zero-order chi connectivity index (χ0) is 27.7. The van der Waals surface area contributed by atoms with Crippen LogP contribution in [0.4, 0.5) is 0 Å². The number of hydrogen-bond acceptors (Lipinski definition) is 10. The van der Waals surface area contributed by atoms with Gasteiger partial charge in [0.05, 0.1) is 14.2 Å². The third-order valence-corrected chi connectivity index (χ3v) is 7.74. The van der Waals surface area contributed by atoms with Gasteiger partial charge in [0.2, 0.25) is 10.0 Å². The Labute approximate surface area is 221 Å². The summed E-state index contributed by atoms with van der Waals surface area (Å²) in [7, 11) is 0.475. The van der Waals surface area contributed by atoms with Crippen molar-refractivity contribution < 1.29 is 17.9 Å². The van der Waals surface area contributed by atoms with Gasteiger partial charge in [-0.2, -0.15) is 0 Å². The molecule has 4 aromatic rings. The first-order valence-electron chi connectivity index (χ1n) is 11.7. The van der Waals surface area contributed by atoms with Gasteiger partial charge in [-0.3, -0.25) is 9.55 Å². The summed E-state index contributed by atoms with van der Waals surface area (Å²) in [5, 5.41) is 16.6. The van der Waals surface area contributed by atoms with Crippen molar-refractivity contribution >= 4 is 10.0 Å². The van der Waals surface area contributed by atoms with Crippen LogP contribution in [0.5, 0.6) is 11.5 Å². The van der Waals surface area contributed by atoms with E-state index in [1.165, 1.54) is 21.1 Å². The number of hydrogen-bond donors (Lipinski definition) is 2. The quantitative estimate of drug-likeness (QED) is 0.322. The maximum absolute atomic E-state index is 12.9. The number of benzene rings is 1. The first-order valence-corrected chi connectivity index (χ1v) is 13.3. The van der Waals surface area contributed by atoms with Crippen molar-refractivity contribution in [1.29, 1.82) is 0 Å². The molecule has 3 heterocycles. The Hall–Kier alpha value is -3.94. The number of para-hydroxylation sites is 1. The van der Waals surface area contributed by atoms with E-state index in [1.807, 2.05) is 19.9 Å². The molecule has 0 aliphatic heterocycles. The van der Waals surface area contributed by atoms with Crippen LogP contribution >= 0.6 is 0 Å². The highest BCUT2D eigenvalue weighted by Gasteiger charge is 2.51. The number of rotatable bonds is 9. The molecule has 2 atom stereocenters. The fourth-order valence-corrected chi connectivity index (χ4v) is 5.22. The minimum absolute atomic E-state index is 0.142. The van der Waals surface area contributed by atoms with Crippen LogP contribution in [0, 0.1) is 13.8 Å². The Kier molecular flexibility index (Phi) is 7.44. The van der Waals surface area contributed by atoms with Gasteiger partial charge in [0.25, 0.3) is 0 Å². The first kappa shape index (κ1) is 27.1. The van der Waals surface area contributed by atoms with E-state index in [4.69, 9.17) is 14.6 Å². The van der Waals surface area contributed by atoms with Gasteiger partial charge in [-0.05, 0) is 57.1 Å². The van der Waals surface area contributed by atoms with Crippen LogP contribution in [0.15, 0.2) is 49.1 Å². The third-order valence-electron chi connectivity index (χ3n) is 6.40. The predicted molar refractivity (Wildman–Crippen MR) is 142 cm³/mol. The van der Waals surface area contributed by atoms with Crippen LogP contribution < -0.4 is 19.9 Å². The lowest BCUT2D eigenvalue weighted by Gasteiger charge is -2.35. The van der Waals surface area contributed by atoms with Gasteiger partial charge in [-0.25, -0.2) is 23.5 Å². The molecule has 2 unspecified atom stereocenters. The molecule has 0 bridgehead atoms. The van der Waals surface area contributed by atoms with Crippen molar-refractivity contribution in [3.05, 3.63) is 71.8 Å². The summed E-state index contributed by atoms with van der Waals surface area (Å²) in [6.07, 6.45) is 6.56. The van der Waals surface area contributed by atoms with Crippen LogP contribution in [-0.4, -0.2) is 64.7 Å². The number of nitrogens with two attached hydrogens (primary N) is 1. The molecular formula is C25H30N8O4S. The highest BCUT2D eigenvalue weighted by Crippen LogP contribution is 2.41. The maximum Gasteiger partial charge on any atom is 0.214 e. The van der Waals surface area contributed by atoms with Gasteiger partial charge in [0.15, 0.2) is 23.0 Å². The lowest BCUT2D eigenvalue weighted by Crippen LogP contribution is -2.56. The van der Waals surface area contributed by atoms with Gasteiger partial charge in [0, 0.05) is 30.4 Å². The van der Waals surface area contributed by atoms with E-state index in [0.717, 1.165) is 11.1 Å². The lowest BCUT2D eigenvalue weighted by atomic mass is 9.92. The van der Waals surface area contributed by atoms with Crippen molar-refractivity contribution in [2.75, 3.05) is 21.3 Å². The average molecular weight is 539 g/mol.